The molecule has 0 fully saturated rings. The van der Waals surface area contributed by atoms with Gasteiger partial charge in [0.15, 0.2) is 4.34 Å². The maximum Gasteiger partial charge on any atom is 0.210 e. The minimum absolute atomic E-state index is 0.765. The first kappa shape index (κ1) is 18.1. The highest BCUT2D eigenvalue weighted by Crippen LogP contribution is 2.31. The lowest BCUT2D eigenvalue weighted by Crippen LogP contribution is -1.91. The molecule has 0 amide bonds. The molecule has 27 heavy (non-hydrogen) atoms. The summed E-state index contributed by atoms with van der Waals surface area (Å²) in [5.41, 5.74) is 5.51. The Kier molecular flexibility index (Phi) is 5.47. The number of thiazole rings is 1. The van der Waals surface area contributed by atoms with Crippen LogP contribution in [-0.4, -0.2) is 20.2 Å². The maximum atomic E-state index is 4.66. The first-order valence-corrected chi connectivity index (χ1v) is 11.0. The molecule has 0 unspecified atom stereocenters. The summed E-state index contributed by atoms with van der Waals surface area (Å²) in [5.74, 6) is 0.765. The summed E-state index contributed by atoms with van der Waals surface area (Å²) < 4.78 is 0.925. The minimum Gasteiger partial charge on any atom is -0.330 e. The molecule has 5 nitrogen and oxygen atoms in total. The van der Waals surface area contributed by atoms with Crippen molar-refractivity contribution in [2.45, 2.75) is 23.9 Å². The Bertz CT molecular complexity index is 1040. The number of nitrogens with zero attached hydrogens (tertiary/aromatic N) is 4. The van der Waals surface area contributed by atoms with Gasteiger partial charge in [-0.15, -0.1) is 21.5 Å². The molecule has 0 bridgehead atoms. The summed E-state index contributed by atoms with van der Waals surface area (Å²) in [6.45, 7) is 4.21. The second-order valence-corrected chi connectivity index (χ2v) is 9.00. The highest BCUT2D eigenvalue weighted by Gasteiger charge is 2.09. The van der Waals surface area contributed by atoms with Crippen LogP contribution in [0.5, 0.6) is 0 Å². The number of nitrogens with one attached hydrogen (secondary N) is 1. The number of benzene rings is 1. The van der Waals surface area contributed by atoms with Gasteiger partial charge in [-0.05, 0) is 49.2 Å². The van der Waals surface area contributed by atoms with Gasteiger partial charge in [0.2, 0.25) is 5.13 Å². The second-order valence-electron chi connectivity index (χ2n) is 5.94. The van der Waals surface area contributed by atoms with E-state index in [9.17, 15) is 0 Å². The Morgan fingerprint density at radius 2 is 2.00 bits per heavy atom. The van der Waals surface area contributed by atoms with Crippen molar-refractivity contribution in [1.82, 2.24) is 20.2 Å². The first-order valence-electron chi connectivity index (χ1n) is 8.34. The lowest BCUT2D eigenvalue weighted by atomic mass is 10.1. The van der Waals surface area contributed by atoms with Crippen LogP contribution in [0.15, 0.2) is 52.3 Å². The molecular weight excluding hydrogens is 394 g/mol. The van der Waals surface area contributed by atoms with Gasteiger partial charge in [-0.2, -0.15) is 0 Å². The number of anilines is 2. The minimum atomic E-state index is 0.765. The van der Waals surface area contributed by atoms with Gasteiger partial charge in [-0.3, -0.25) is 4.98 Å². The zero-order valence-corrected chi connectivity index (χ0v) is 17.3. The Morgan fingerprint density at radius 3 is 2.81 bits per heavy atom. The van der Waals surface area contributed by atoms with Gasteiger partial charge in [0.1, 0.15) is 5.01 Å². The fraction of sp³-hybridized carbons (Fsp3) is 0.158. The molecule has 3 heterocycles. The van der Waals surface area contributed by atoms with Crippen molar-refractivity contribution in [3.8, 4) is 10.7 Å². The molecule has 4 aromatic rings. The molecule has 1 aromatic carbocycles. The van der Waals surface area contributed by atoms with E-state index < -0.39 is 0 Å². The van der Waals surface area contributed by atoms with E-state index in [1.165, 1.54) is 11.1 Å². The number of hydrogen-bond acceptors (Lipinski definition) is 8. The molecule has 8 heteroatoms. The number of aryl methyl sites for hydroxylation is 2. The van der Waals surface area contributed by atoms with Crippen LogP contribution in [0.2, 0.25) is 0 Å². The topological polar surface area (TPSA) is 63.6 Å². The summed E-state index contributed by atoms with van der Waals surface area (Å²) in [4.78, 5) is 9.01. The normalized spacial score (nSPS) is 10.9. The van der Waals surface area contributed by atoms with E-state index in [0.29, 0.717) is 0 Å². The van der Waals surface area contributed by atoms with Crippen LogP contribution in [0.25, 0.3) is 10.7 Å². The number of hydrogen-bond donors (Lipinski definition) is 1. The molecule has 4 rings (SSSR count). The van der Waals surface area contributed by atoms with Crippen LogP contribution in [-0.2, 0) is 5.75 Å². The van der Waals surface area contributed by atoms with Gasteiger partial charge in [0.05, 0.1) is 11.4 Å². The molecule has 0 atom stereocenters. The van der Waals surface area contributed by atoms with Crippen molar-refractivity contribution in [3.05, 3.63) is 64.8 Å². The van der Waals surface area contributed by atoms with Crippen LogP contribution in [0.3, 0.4) is 0 Å². The average Bonchev–Trinajstić information content (AvgIpc) is 3.33. The molecular formula is C19H17N5S3. The molecule has 0 aliphatic heterocycles. The van der Waals surface area contributed by atoms with Crippen LogP contribution < -0.4 is 5.32 Å². The largest absolute Gasteiger partial charge is 0.330 e. The Morgan fingerprint density at radius 1 is 1.07 bits per heavy atom. The predicted molar refractivity (Wildman–Crippen MR) is 114 cm³/mol. The van der Waals surface area contributed by atoms with Gasteiger partial charge in [0.25, 0.3) is 0 Å². The van der Waals surface area contributed by atoms with Crippen molar-refractivity contribution in [3.63, 3.8) is 0 Å². The van der Waals surface area contributed by atoms with E-state index in [-0.39, 0.29) is 0 Å². The van der Waals surface area contributed by atoms with E-state index in [1.807, 2.05) is 18.2 Å². The number of thioether (sulfide) groups is 1. The molecule has 0 spiro atoms. The third-order valence-corrected chi connectivity index (χ3v) is 6.86. The molecule has 3 aromatic heterocycles. The fourth-order valence-corrected chi connectivity index (χ4v) is 4.94. The molecule has 0 aliphatic carbocycles. The van der Waals surface area contributed by atoms with Gasteiger partial charge in [-0.1, -0.05) is 35.2 Å². The molecule has 136 valence electrons. The predicted octanol–water partition coefficient (Wildman–Crippen LogP) is 5.71. The summed E-state index contributed by atoms with van der Waals surface area (Å²) >= 11 is 4.82. The number of aromatic nitrogens is 4. The van der Waals surface area contributed by atoms with Crippen molar-refractivity contribution < 1.29 is 0 Å². The summed E-state index contributed by atoms with van der Waals surface area (Å²) in [7, 11) is 0. The van der Waals surface area contributed by atoms with Crippen molar-refractivity contribution in [2.75, 3.05) is 5.32 Å². The standard InChI is InChI=1S/C19H17N5S3/c1-12-6-7-14(9-13(12)2)22-18-23-24-19(27-18)26-11-15-10-25-17(21-15)16-5-3-4-8-20-16/h3-10H,11H2,1-2H3,(H,22,23). The monoisotopic (exact) mass is 411 g/mol. The third-order valence-electron chi connectivity index (χ3n) is 3.94. The van der Waals surface area contributed by atoms with Crippen LogP contribution in [0.4, 0.5) is 10.8 Å². The highest BCUT2D eigenvalue weighted by atomic mass is 32.2. The van der Waals surface area contributed by atoms with Gasteiger partial charge in [-0.25, -0.2) is 4.98 Å². The maximum absolute atomic E-state index is 4.66. The van der Waals surface area contributed by atoms with Crippen molar-refractivity contribution in [2.24, 2.45) is 0 Å². The quantitative estimate of drug-likeness (QED) is 0.410. The van der Waals surface area contributed by atoms with E-state index in [0.717, 1.165) is 37.3 Å². The van der Waals surface area contributed by atoms with E-state index in [2.05, 4.69) is 62.9 Å². The Labute approximate surface area is 169 Å². The van der Waals surface area contributed by atoms with Crippen LogP contribution >= 0.6 is 34.4 Å². The first-order chi connectivity index (χ1) is 13.2. The van der Waals surface area contributed by atoms with E-state index in [1.54, 1.807) is 40.6 Å². The second kappa shape index (κ2) is 8.16. The zero-order chi connectivity index (χ0) is 18.6. The van der Waals surface area contributed by atoms with E-state index >= 15 is 0 Å². The molecule has 0 saturated carbocycles. The number of pyridine rings is 1. The van der Waals surface area contributed by atoms with Crippen molar-refractivity contribution in [1.29, 1.82) is 0 Å². The third kappa shape index (κ3) is 4.52. The van der Waals surface area contributed by atoms with Crippen molar-refractivity contribution >= 4 is 45.3 Å². The van der Waals surface area contributed by atoms with Gasteiger partial charge < -0.3 is 5.32 Å². The Balaban J connectivity index is 1.37. The zero-order valence-electron chi connectivity index (χ0n) is 14.8. The molecule has 0 saturated heterocycles. The SMILES string of the molecule is Cc1ccc(Nc2nnc(SCc3csc(-c4ccccn4)n3)s2)cc1C. The summed E-state index contributed by atoms with van der Waals surface area (Å²) in [5, 5.41) is 15.6. The Hall–Kier alpha value is -2.29. The molecule has 0 radical (unpaired) electrons. The highest BCUT2D eigenvalue weighted by molar-refractivity contribution is 8.00. The van der Waals surface area contributed by atoms with E-state index in [4.69, 9.17) is 0 Å². The lowest BCUT2D eigenvalue weighted by Gasteiger charge is -2.05. The van der Waals surface area contributed by atoms with Crippen LogP contribution in [0.1, 0.15) is 16.8 Å². The smallest absolute Gasteiger partial charge is 0.210 e. The lowest BCUT2D eigenvalue weighted by molar-refractivity contribution is 1.01. The molecule has 1 N–H and O–H groups in total. The summed E-state index contributed by atoms with van der Waals surface area (Å²) in [6.07, 6.45) is 1.79. The van der Waals surface area contributed by atoms with Gasteiger partial charge in [0, 0.05) is 23.0 Å². The van der Waals surface area contributed by atoms with Gasteiger partial charge >= 0.3 is 0 Å². The van der Waals surface area contributed by atoms with Crippen LogP contribution in [0, 0.1) is 13.8 Å². The molecule has 0 aliphatic rings. The summed E-state index contributed by atoms with van der Waals surface area (Å²) in [6, 6.07) is 12.2. The average molecular weight is 412 g/mol. The fourth-order valence-electron chi connectivity index (χ4n) is 2.38. The number of rotatable bonds is 6.